The summed E-state index contributed by atoms with van der Waals surface area (Å²) >= 11 is 0. The van der Waals surface area contributed by atoms with Crippen LogP contribution in [0.25, 0.3) is 0 Å². The minimum Gasteiger partial charge on any atom is -0.397 e. The zero-order valence-corrected chi connectivity index (χ0v) is 10.5. The first kappa shape index (κ1) is 15.4. The number of hydrogen-bond donors (Lipinski definition) is 4. The lowest BCUT2D eigenvalue weighted by molar-refractivity contribution is -0.117. The van der Waals surface area contributed by atoms with Crippen molar-refractivity contribution in [2.45, 2.75) is 0 Å². The van der Waals surface area contributed by atoms with Crippen molar-refractivity contribution in [1.82, 2.24) is 4.90 Å². The van der Waals surface area contributed by atoms with Crippen molar-refractivity contribution >= 4 is 17.3 Å². The van der Waals surface area contributed by atoms with E-state index in [4.69, 9.17) is 15.9 Å². The van der Waals surface area contributed by atoms with Crippen LogP contribution in [-0.4, -0.2) is 53.9 Å². The van der Waals surface area contributed by atoms with Gasteiger partial charge in [-0.2, -0.15) is 0 Å². The highest BCUT2D eigenvalue weighted by Crippen LogP contribution is 2.18. The van der Waals surface area contributed by atoms with Gasteiger partial charge in [-0.3, -0.25) is 9.69 Å². The highest BCUT2D eigenvalue weighted by Gasteiger charge is 2.11. The van der Waals surface area contributed by atoms with E-state index in [0.717, 1.165) is 6.07 Å². The number of benzene rings is 1. The van der Waals surface area contributed by atoms with E-state index in [0.29, 0.717) is 0 Å². The average Bonchev–Trinajstić information content (AvgIpc) is 2.34. The SMILES string of the molecule is Nc1ccc(F)cc1NC(=O)CN(CCO)CCO. The summed E-state index contributed by atoms with van der Waals surface area (Å²) < 4.78 is 13.0. The van der Waals surface area contributed by atoms with E-state index in [1.165, 1.54) is 12.1 Å². The summed E-state index contributed by atoms with van der Waals surface area (Å²) in [6.45, 7) is 0.293. The molecule has 0 saturated heterocycles. The van der Waals surface area contributed by atoms with Crippen LogP contribution in [-0.2, 0) is 4.79 Å². The smallest absolute Gasteiger partial charge is 0.238 e. The Hall–Kier alpha value is -1.70. The number of aliphatic hydroxyl groups excluding tert-OH is 2. The lowest BCUT2D eigenvalue weighted by atomic mass is 10.2. The fourth-order valence-corrected chi connectivity index (χ4v) is 1.58. The van der Waals surface area contributed by atoms with Gasteiger partial charge in [0, 0.05) is 13.1 Å². The van der Waals surface area contributed by atoms with Crippen LogP contribution in [0.2, 0.25) is 0 Å². The van der Waals surface area contributed by atoms with Crippen molar-refractivity contribution in [3.8, 4) is 0 Å². The minimum atomic E-state index is -0.493. The van der Waals surface area contributed by atoms with Crippen molar-refractivity contribution in [2.75, 3.05) is 43.9 Å². The summed E-state index contributed by atoms with van der Waals surface area (Å²) in [5.41, 5.74) is 6.09. The van der Waals surface area contributed by atoms with Gasteiger partial charge in [0.15, 0.2) is 0 Å². The Morgan fingerprint density at radius 2 is 1.95 bits per heavy atom. The monoisotopic (exact) mass is 271 g/mol. The highest BCUT2D eigenvalue weighted by atomic mass is 19.1. The molecule has 7 heteroatoms. The molecule has 0 aromatic heterocycles. The van der Waals surface area contributed by atoms with Gasteiger partial charge >= 0.3 is 0 Å². The van der Waals surface area contributed by atoms with E-state index in [1.807, 2.05) is 0 Å². The summed E-state index contributed by atoms with van der Waals surface area (Å²) in [5.74, 6) is -0.883. The Labute approximate surface area is 110 Å². The maximum atomic E-state index is 13.0. The van der Waals surface area contributed by atoms with Gasteiger partial charge in [-0.25, -0.2) is 4.39 Å². The van der Waals surface area contributed by atoms with E-state index in [2.05, 4.69) is 5.32 Å². The summed E-state index contributed by atoms with van der Waals surface area (Å²) in [6.07, 6.45) is 0. The van der Waals surface area contributed by atoms with Gasteiger partial charge in [-0.1, -0.05) is 0 Å². The lowest BCUT2D eigenvalue weighted by Gasteiger charge is -2.19. The largest absolute Gasteiger partial charge is 0.397 e. The van der Waals surface area contributed by atoms with Gasteiger partial charge in [0.1, 0.15) is 5.82 Å². The van der Waals surface area contributed by atoms with Crippen LogP contribution in [0.15, 0.2) is 18.2 Å². The van der Waals surface area contributed by atoms with Gasteiger partial charge in [0.25, 0.3) is 0 Å². The van der Waals surface area contributed by atoms with Crippen molar-refractivity contribution in [3.05, 3.63) is 24.0 Å². The predicted octanol–water partition coefficient (Wildman–Crippen LogP) is -0.367. The molecular formula is C12H18FN3O3. The molecule has 0 unspecified atom stereocenters. The van der Waals surface area contributed by atoms with Crippen LogP contribution in [0.4, 0.5) is 15.8 Å². The molecule has 0 aliphatic carbocycles. The molecule has 1 rings (SSSR count). The lowest BCUT2D eigenvalue weighted by Crippen LogP contribution is -2.37. The maximum Gasteiger partial charge on any atom is 0.238 e. The molecule has 6 nitrogen and oxygen atoms in total. The molecule has 1 aromatic carbocycles. The van der Waals surface area contributed by atoms with Crippen LogP contribution >= 0.6 is 0 Å². The number of halogens is 1. The molecule has 0 heterocycles. The molecule has 5 N–H and O–H groups in total. The molecule has 106 valence electrons. The number of anilines is 2. The Balaban J connectivity index is 2.60. The summed E-state index contributed by atoms with van der Waals surface area (Å²) in [7, 11) is 0. The maximum absolute atomic E-state index is 13.0. The Bertz CT molecular complexity index is 423. The van der Waals surface area contributed by atoms with Crippen LogP contribution in [0.1, 0.15) is 0 Å². The zero-order chi connectivity index (χ0) is 14.3. The van der Waals surface area contributed by atoms with Crippen molar-refractivity contribution < 1.29 is 19.4 Å². The van der Waals surface area contributed by atoms with Crippen molar-refractivity contribution in [2.24, 2.45) is 0 Å². The molecule has 19 heavy (non-hydrogen) atoms. The first-order valence-corrected chi connectivity index (χ1v) is 5.85. The summed E-state index contributed by atoms with van der Waals surface area (Å²) in [6, 6.07) is 3.70. The standard InChI is InChI=1S/C12H18FN3O3/c13-9-1-2-10(14)11(7-9)15-12(19)8-16(3-5-17)4-6-18/h1-2,7,17-18H,3-6,8,14H2,(H,15,19). The zero-order valence-electron chi connectivity index (χ0n) is 10.5. The molecule has 0 saturated carbocycles. The van der Waals surface area contributed by atoms with Gasteiger partial charge in [-0.05, 0) is 18.2 Å². The molecule has 0 bridgehead atoms. The fourth-order valence-electron chi connectivity index (χ4n) is 1.58. The van der Waals surface area contributed by atoms with Crippen LogP contribution in [0.3, 0.4) is 0 Å². The molecule has 0 radical (unpaired) electrons. The average molecular weight is 271 g/mol. The second-order valence-electron chi connectivity index (χ2n) is 4.00. The summed E-state index contributed by atoms with van der Waals surface area (Å²) in [4.78, 5) is 13.3. The fraction of sp³-hybridized carbons (Fsp3) is 0.417. The second kappa shape index (κ2) is 7.67. The number of nitrogen functional groups attached to an aromatic ring is 1. The number of carbonyl (C=O) groups is 1. The Morgan fingerprint density at radius 1 is 1.32 bits per heavy atom. The van der Waals surface area contributed by atoms with Crippen molar-refractivity contribution in [1.29, 1.82) is 0 Å². The molecule has 0 aliphatic heterocycles. The van der Waals surface area contributed by atoms with Gasteiger partial charge < -0.3 is 21.3 Å². The predicted molar refractivity (Wildman–Crippen MR) is 70.1 cm³/mol. The number of carbonyl (C=O) groups excluding carboxylic acids is 1. The van der Waals surface area contributed by atoms with E-state index in [-0.39, 0.29) is 50.1 Å². The molecule has 1 aromatic rings. The molecule has 0 fully saturated rings. The normalized spacial score (nSPS) is 10.7. The molecular weight excluding hydrogens is 253 g/mol. The van der Waals surface area contributed by atoms with E-state index in [1.54, 1.807) is 4.90 Å². The first-order valence-electron chi connectivity index (χ1n) is 5.85. The van der Waals surface area contributed by atoms with Crippen LogP contribution in [0, 0.1) is 5.82 Å². The van der Waals surface area contributed by atoms with Gasteiger partial charge in [0.05, 0.1) is 31.1 Å². The van der Waals surface area contributed by atoms with Crippen LogP contribution in [0.5, 0.6) is 0 Å². The summed E-state index contributed by atoms with van der Waals surface area (Å²) in [5, 5.41) is 20.1. The van der Waals surface area contributed by atoms with E-state index < -0.39 is 5.82 Å². The molecule has 0 atom stereocenters. The third kappa shape index (κ3) is 5.21. The highest BCUT2D eigenvalue weighted by molar-refractivity contribution is 5.95. The van der Waals surface area contributed by atoms with Crippen molar-refractivity contribution in [3.63, 3.8) is 0 Å². The topological polar surface area (TPSA) is 98.8 Å². The van der Waals surface area contributed by atoms with Crippen LogP contribution < -0.4 is 11.1 Å². The Kier molecular flexibility index (Phi) is 6.20. The Morgan fingerprint density at radius 3 is 2.53 bits per heavy atom. The number of nitrogens with one attached hydrogen (secondary N) is 1. The number of rotatable bonds is 7. The number of aliphatic hydroxyl groups is 2. The van der Waals surface area contributed by atoms with Gasteiger partial charge in [-0.15, -0.1) is 0 Å². The third-order valence-electron chi connectivity index (χ3n) is 2.49. The molecule has 0 aliphatic rings. The molecule has 0 spiro atoms. The van der Waals surface area contributed by atoms with Gasteiger partial charge in [0.2, 0.25) is 5.91 Å². The molecule has 1 amide bonds. The number of nitrogens with two attached hydrogens (primary N) is 1. The third-order valence-corrected chi connectivity index (χ3v) is 2.49. The number of hydrogen-bond acceptors (Lipinski definition) is 5. The minimum absolute atomic E-state index is 0.0168. The first-order chi connectivity index (χ1) is 9.06. The van der Waals surface area contributed by atoms with E-state index in [9.17, 15) is 9.18 Å². The second-order valence-corrected chi connectivity index (χ2v) is 4.00. The number of nitrogens with zero attached hydrogens (tertiary/aromatic N) is 1. The number of amides is 1. The van der Waals surface area contributed by atoms with E-state index >= 15 is 0 Å². The quantitative estimate of drug-likeness (QED) is 0.507.